The Labute approximate surface area is 95.0 Å². The first-order chi connectivity index (χ1) is 7.27. The first kappa shape index (κ1) is 9.64. The summed E-state index contributed by atoms with van der Waals surface area (Å²) in [6.07, 6.45) is 2.20. The van der Waals surface area contributed by atoms with Crippen molar-refractivity contribution in [1.82, 2.24) is 4.90 Å². The molecule has 1 fully saturated rings. The van der Waals surface area contributed by atoms with Gasteiger partial charge in [-0.05, 0) is 30.0 Å². The van der Waals surface area contributed by atoms with Crippen LogP contribution in [0.5, 0.6) is 0 Å². The number of halogens is 1. The highest BCUT2D eigenvalue weighted by Gasteiger charge is 2.37. The summed E-state index contributed by atoms with van der Waals surface area (Å²) in [4.78, 5) is 2.47. The molecule has 2 N–H and O–H groups in total. The van der Waals surface area contributed by atoms with Crippen molar-refractivity contribution in [2.45, 2.75) is 24.9 Å². The normalized spacial score (nSPS) is 30.0. The van der Waals surface area contributed by atoms with Crippen molar-refractivity contribution < 1.29 is 0 Å². The molecule has 0 aromatic heterocycles. The van der Waals surface area contributed by atoms with Gasteiger partial charge in [0.1, 0.15) is 0 Å². The van der Waals surface area contributed by atoms with E-state index >= 15 is 0 Å². The summed E-state index contributed by atoms with van der Waals surface area (Å²) in [6.45, 7) is 2.25. The van der Waals surface area contributed by atoms with E-state index in [0.717, 1.165) is 31.0 Å². The van der Waals surface area contributed by atoms with Crippen LogP contribution < -0.4 is 5.73 Å². The fourth-order valence-electron chi connectivity index (χ4n) is 2.93. The zero-order valence-electron chi connectivity index (χ0n) is 8.62. The fourth-order valence-corrected chi connectivity index (χ4v) is 3.23. The number of nitrogens with zero attached hydrogens (tertiary/aromatic N) is 1. The second-order valence-corrected chi connectivity index (χ2v) is 4.90. The Balaban J connectivity index is 2.12. The zero-order chi connectivity index (χ0) is 10.4. The van der Waals surface area contributed by atoms with Crippen LogP contribution in [-0.4, -0.2) is 24.0 Å². The first-order valence-electron chi connectivity index (χ1n) is 5.54. The Morgan fingerprint density at radius 3 is 3.07 bits per heavy atom. The van der Waals surface area contributed by atoms with Crippen LogP contribution in [0.3, 0.4) is 0 Å². The third-order valence-corrected chi connectivity index (χ3v) is 3.99. The summed E-state index contributed by atoms with van der Waals surface area (Å²) in [5, 5.41) is 0.888. The van der Waals surface area contributed by atoms with Crippen LogP contribution in [0, 0.1) is 0 Å². The topological polar surface area (TPSA) is 29.3 Å². The maximum Gasteiger partial charge on any atom is 0.0517 e. The highest BCUT2D eigenvalue weighted by atomic mass is 35.5. The molecule has 1 saturated heterocycles. The summed E-state index contributed by atoms with van der Waals surface area (Å²) in [6, 6.07) is 6.82. The highest BCUT2D eigenvalue weighted by molar-refractivity contribution is 6.31. The van der Waals surface area contributed by atoms with Crippen LogP contribution in [-0.2, 0) is 6.42 Å². The molecule has 1 aromatic rings. The molecule has 2 unspecified atom stereocenters. The van der Waals surface area contributed by atoms with Gasteiger partial charge in [-0.2, -0.15) is 0 Å². The molecule has 2 aliphatic rings. The van der Waals surface area contributed by atoms with Gasteiger partial charge in [0.05, 0.1) is 6.04 Å². The van der Waals surface area contributed by atoms with E-state index in [0.29, 0.717) is 6.04 Å². The third kappa shape index (κ3) is 1.40. The Morgan fingerprint density at radius 1 is 1.33 bits per heavy atom. The molecule has 3 heteroatoms. The van der Waals surface area contributed by atoms with E-state index in [1.807, 2.05) is 12.1 Å². The Morgan fingerprint density at radius 2 is 2.20 bits per heavy atom. The highest BCUT2D eigenvalue weighted by Crippen LogP contribution is 2.40. The van der Waals surface area contributed by atoms with E-state index in [-0.39, 0.29) is 6.04 Å². The largest absolute Gasteiger partial charge is 0.326 e. The van der Waals surface area contributed by atoms with Crippen LogP contribution in [0.15, 0.2) is 18.2 Å². The minimum atomic E-state index is 0.254. The Bertz CT molecular complexity index is 391. The van der Waals surface area contributed by atoms with E-state index in [1.54, 1.807) is 0 Å². The van der Waals surface area contributed by atoms with E-state index in [4.69, 9.17) is 17.3 Å². The monoisotopic (exact) mass is 222 g/mol. The molecule has 3 rings (SSSR count). The number of benzene rings is 1. The van der Waals surface area contributed by atoms with Crippen molar-refractivity contribution >= 4 is 11.6 Å². The molecule has 0 aliphatic carbocycles. The van der Waals surface area contributed by atoms with Crippen molar-refractivity contribution in [1.29, 1.82) is 0 Å². The Kier molecular flexibility index (Phi) is 2.23. The van der Waals surface area contributed by atoms with Crippen LogP contribution in [0.4, 0.5) is 0 Å². The molecular weight excluding hydrogens is 208 g/mol. The number of hydrogen-bond acceptors (Lipinski definition) is 2. The van der Waals surface area contributed by atoms with Crippen molar-refractivity contribution in [3.8, 4) is 0 Å². The fraction of sp³-hybridized carbons (Fsp3) is 0.500. The van der Waals surface area contributed by atoms with E-state index in [2.05, 4.69) is 11.0 Å². The molecular formula is C12H15ClN2. The van der Waals surface area contributed by atoms with Gasteiger partial charge in [0.2, 0.25) is 0 Å². The molecule has 80 valence electrons. The van der Waals surface area contributed by atoms with Crippen LogP contribution >= 0.6 is 11.6 Å². The minimum Gasteiger partial charge on any atom is -0.326 e. The molecule has 0 spiro atoms. The minimum absolute atomic E-state index is 0.254. The predicted molar refractivity (Wildman–Crippen MR) is 62.1 cm³/mol. The van der Waals surface area contributed by atoms with Crippen LogP contribution in [0.1, 0.15) is 23.6 Å². The molecule has 0 amide bonds. The average molecular weight is 223 g/mol. The lowest BCUT2D eigenvalue weighted by molar-refractivity contribution is 0.234. The van der Waals surface area contributed by atoms with Gasteiger partial charge >= 0.3 is 0 Å². The maximum atomic E-state index is 6.29. The number of fused-ring (bicyclic) bond motifs is 3. The lowest BCUT2D eigenvalue weighted by atomic mass is 9.91. The third-order valence-electron chi connectivity index (χ3n) is 3.66. The van der Waals surface area contributed by atoms with Crippen molar-refractivity contribution in [2.24, 2.45) is 5.73 Å². The van der Waals surface area contributed by atoms with Gasteiger partial charge in [-0.1, -0.05) is 23.7 Å². The molecule has 15 heavy (non-hydrogen) atoms. The van der Waals surface area contributed by atoms with Crippen molar-refractivity contribution in [3.63, 3.8) is 0 Å². The molecule has 2 nitrogen and oxygen atoms in total. The summed E-state index contributed by atoms with van der Waals surface area (Å²) in [7, 11) is 0. The number of hydrogen-bond donors (Lipinski definition) is 1. The van der Waals surface area contributed by atoms with E-state index < -0.39 is 0 Å². The summed E-state index contributed by atoms with van der Waals surface area (Å²) < 4.78 is 0. The van der Waals surface area contributed by atoms with Gasteiger partial charge in [-0.15, -0.1) is 0 Å². The number of rotatable bonds is 0. The molecule has 2 heterocycles. The average Bonchev–Trinajstić information content (AvgIpc) is 2.61. The second kappa shape index (κ2) is 3.48. The first-order valence-corrected chi connectivity index (χ1v) is 5.92. The molecule has 0 saturated carbocycles. The predicted octanol–water partition coefficient (Wildman–Crippen LogP) is 1.97. The molecule has 0 bridgehead atoms. The molecule has 2 atom stereocenters. The van der Waals surface area contributed by atoms with E-state index in [1.165, 1.54) is 11.1 Å². The smallest absolute Gasteiger partial charge is 0.0517 e. The second-order valence-electron chi connectivity index (χ2n) is 4.50. The van der Waals surface area contributed by atoms with Crippen molar-refractivity contribution in [3.05, 3.63) is 34.3 Å². The Hall–Kier alpha value is -0.570. The van der Waals surface area contributed by atoms with Crippen LogP contribution in [0.25, 0.3) is 0 Å². The van der Waals surface area contributed by atoms with Gasteiger partial charge in [-0.3, -0.25) is 4.90 Å². The van der Waals surface area contributed by atoms with Crippen molar-refractivity contribution in [2.75, 3.05) is 13.1 Å². The molecule has 2 aliphatic heterocycles. The number of nitrogens with two attached hydrogens (primary N) is 1. The van der Waals surface area contributed by atoms with Gasteiger partial charge < -0.3 is 5.73 Å². The maximum absolute atomic E-state index is 6.29. The molecule has 1 aromatic carbocycles. The lowest BCUT2D eigenvalue weighted by Crippen LogP contribution is -2.37. The summed E-state index contributed by atoms with van der Waals surface area (Å²) in [5.74, 6) is 0. The summed E-state index contributed by atoms with van der Waals surface area (Å²) in [5.41, 5.74) is 8.85. The van der Waals surface area contributed by atoms with Gasteiger partial charge in [0.25, 0.3) is 0 Å². The van der Waals surface area contributed by atoms with Gasteiger partial charge in [0.15, 0.2) is 0 Å². The lowest BCUT2D eigenvalue weighted by Gasteiger charge is -2.34. The standard InChI is InChI=1S/C12H15ClN2/c13-9-3-1-2-8-4-6-15-7-5-10(14)12(15)11(8)9/h1-3,10,12H,4-7,14H2. The zero-order valence-corrected chi connectivity index (χ0v) is 9.37. The summed E-state index contributed by atoms with van der Waals surface area (Å²) >= 11 is 6.29. The van der Waals surface area contributed by atoms with Crippen LogP contribution in [0.2, 0.25) is 5.02 Å². The SMILES string of the molecule is NC1CCN2CCc3cccc(Cl)c3C12. The van der Waals surface area contributed by atoms with Gasteiger partial charge in [-0.25, -0.2) is 0 Å². The quantitative estimate of drug-likeness (QED) is 0.727. The molecule has 0 radical (unpaired) electrons. The van der Waals surface area contributed by atoms with Gasteiger partial charge in [0, 0.05) is 24.2 Å². The van der Waals surface area contributed by atoms with E-state index in [9.17, 15) is 0 Å².